The first-order chi connectivity index (χ1) is 5.47. The van der Waals surface area contributed by atoms with E-state index in [2.05, 4.69) is 24.6 Å². The van der Waals surface area contributed by atoms with Crippen molar-refractivity contribution < 1.29 is 4.52 Å². The monoisotopic (exact) mass is 148 g/mol. The topological polar surface area (TPSA) is 64.7 Å². The number of hydrogen-bond donors (Lipinski definition) is 0. The number of rotatable bonds is 1. The van der Waals surface area contributed by atoms with Crippen molar-refractivity contribution in [2.45, 2.75) is 0 Å². The van der Waals surface area contributed by atoms with Gasteiger partial charge >= 0.3 is 0 Å². The third kappa shape index (κ3) is 1.07. The number of aromatic nitrogens is 4. The van der Waals surface area contributed by atoms with E-state index >= 15 is 0 Å². The molecule has 0 spiro atoms. The first kappa shape index (κ1) is 5.96. The normalized spacial score (nSPS) is 9.82. The van der Waals surface area contributed by atoms with Gasteiger partial charge in [0.25, 0.3) is 0 Å². The second kappa shape index (κ2) is 2.45. The van der Waals surface area contributed by atoms with Crippen LogP contribution in [0.5, 0.6) is 0 Å². The van der Waals surface area contributed by atoms with Crippen molar-refractivity contribution >= 4 is 0 Å². The van der Waals surface area contributed by atoms with Gasteiger partial charge in [0.1, 0.15) is 6.33 Å². The zero-order valence-corrected chi connectivity index (χ0v) is 5.51. The largest absolute Gasteiger partial charge is 0.342 e. The average Bonchev–Trinajstić information content (AvgIpc) is 2.58. The summed E-state index contributed by atoms with van der Waals surface area (Å²) in [5.74, 6) is 0.505. The van der Waals surface area contributed by atoms with Crippen molar-refractivity contribution in [3.8, 4) is 11.4 Å². The molecule has 0 aromatic carbocycles. The molecule has 0 saturated heterocycles. The zero-order chi connectivity index (χ0) is 7.52. The first-order valence-corrected chi connectivity index (χ1v) is 2.98. The van der Waals surface area contributed by atoms with Crippen LogP contribution in [-0.2, 0) is 0 Å². The van der Waals surface area contributed by atoms with E-state index in [0.717, 1.165) is 5.56 Å². The summed E-state index contributed by atoms with van der Waals surface area (Å²) in [6, 6.07) is 0. The SMILES string of the molecule is c1ncc(-c2ncon2)cn1. The lowest BCUT2D eigenvalue weighted by atomic mass is 10.3. The van der Waals surface area contributed by atoms with E-state index in [4.69, 9.17) is 0 Å². The minimum Gasteiger partial charge on any atom is -0.342 e. The molecule has 0 aliphatic heterocycles. The molecule has 0 bridgehead atoms. The Balaban J connectivity index is 2.46. The van der Waals surface area contributed by atoms with Crippen LogP contribution in [0.2, 0.25) is 0 Å². The van der Waals surface area contributed by atoms with Crippen LogP contribution in [0.1, 0.15) is 0 Å². The predicted molar refractivity (Wildman–Crippen MR) is 35.3 cm³/mol. The van der Waals surface area contributed by atoms with Crippen LogP contribution in [0.15, 0.2) is 29.6 Å². The summed E-state index contributed by atoms with van der Waals surface area (Å²) in [4.78, 5) is 11.4. The van der Waals surface area contributed by atoms with Crippen LogP contribution < -0.4 is 0 Å². The maximum Gasteiger partial charge on any atom is 0.214 e. The highest BCUT2D eigenvalue weighted by atomic mass is 16.5. The summed E-state index contributed by atoms with van der Waals surface area (Å²) in [5.41, 5.74) is 0.751. The molecule has 2 aromatic heterocycles. The van der Waals surface area contributed by atoms with Gasteiger partial charge in [-0.3, -0.25) is 0 Å². The summed E-state index contributed by atoms with van der Waals surface area (Å²) in [5, 5.41) is 3.62. The second-order valence-corrected chi connectivity index (χ2v) is 1.88. The summed E-state index contributed by atoms with van der Waals surface area (Å²) in [6.07, 6.45) is 5.96. The zero-order valence-electron chi connectivity index (χ0n) is 5.51. The summed E-state index contributed by atoms with van der Waals surface area (Å²) in [6.45, 7) is 0. The standard InChI is InChI=1S/C6H4N4O/c1-5(2-8-3-7-1)6-9-4-11-10-6/h1-4H. The van der Waals surface area contributed by atoms with E-state index < -0.39 is 0 Å². The molecule has 0 N–H and O–H groups in total. The van der Waals surface area contributed by atoms with Crippen molar-refractivity contribution in [1.29, 1.82) is 0 Å². The van der Waals surface area contributed by atoms with Gasteiger partial charge in [-0.05, 0) is 0 Å². The van der Waals surface area contributed by atoms with E-state index in [9.17, 15) is 0 Å². The van der Waals surface area contributed by atoms with Crippen molar-refractivity contribution in [2.75, 3.05) is 0 Å². The molecular formula is C6H4N4O. The second-order valence-electron chi connectivity index (χ2n) is 1.88. The van der Waals surface area contributed by atoms with Crippen molar-refractivity contribution in [1.82, 2.24) is 20.1 Å². The van der Waals surface area contributed by atoms with Gasteiger partial charge in [0, 0.05) is 12.4 Å². The molecule has 2 aromatic rings. The highest BCUT2D eigenvalue weighted by Crippen LogP contribution is 2.08. The molecule has 5 heteroatoms. The smallest absolute Gasteiger partial charge is 0.214 e. The van der Waals surface area contributed by atoms with Crippen LogP contribution >= 0.6 is 0 Å². The average molecular weight is 148 g/mol. The third-order valence-electron chi connectivity index (χ3n) is 1.18. The molecule has 2 heterocycles. The lowest BCUT2D eigenvalue weighted by molar-refractivity contribution is 0.418. The van der Waals surface area contributed by atoms with Gasteiger partial charge in [-0.25, -0.2) is 9.97 Å². The first-order valence-electron chi connectivity index (χ1n) is 2.98. The fourth-order valence-electron chi connectivity index (χ4n) is 0.712. The molecular weight excluding hydrogens is 144 g/mol. The van der Waals surface area contributed by atoms with E-state index in [1.807, 2.05) is 0 Å². The Kier molecular flexibility index (Phi) is 1.33. The molecule has 0 aliphatic rings. The van der Waals surface area contributed by atoms with E-state index in [0.29, 0.717) is 5.82 Å². The molecule has 0 saturated carbocycles. The Hall–Kier alpha value is -1.78. The molecule has 5 nitrogen and oxygen atoms in total. The molecule has 0 fully saturated rings. The van der Waals surface area contributed by atoms with E-state index in [1.54, 1.807) is 12.4 Å². The maximum atomic E-state index is 4.55. The summed E-state index contributed by atoms with van der Waals surface area (Å²) in [7, 11) is 0. The van der Waals surface area contributed by atoms with Gasteiger partial charge < -0.3 is 4.52 Å². The Bertz CT molecular complexity index is 318. The maximum absolute atomic E-state index is 4.55. The van der Waals surface area contributed by atoms with Gasteiger partial charge in [0.15, 0.2) is 0 Å². The lowest BCUT2D eigenvalue weighted by Gasteiger charge is -1.87. The Morgan fingerprint density at radius 3 is 2.64 bits per heavy atom. The minimum absolute atomic E-state index is 0.505. The fourth-order valence-corrected chi connectivity index (χ4v) is 0.712. The number of hydrogen-bond acceptors (Lipinski definition) is 5. The summed E-state index contributed by atoms with van der Waals surface area (Å²) >= 11 is 0. The number of nitrogens with zero attached hydrogens (tertiary/aromatic N) is 4. The van der Waals surface area contributed by atoms with E-state index in [1.165, 1.54) is 12.7 Å². The molecule has 0 atom stereocenters. The predicted octanol–water partition coefficient (Wildman–Crippen LogP) is 0.527. The van der Waals surface area contributed by atoms with Crippen LogP contribution in [0, 0.1) is 0 Å². The van der Waals surface area contributed by atoms with Crippen LogP contribution in [0.25, 0.3) is 11.4 Å². The Morgan fingerprint density at radius 2 is 2.00 bits per heavy atom. The van der Waals surface area contributed by atoms with Crippen molar-refractivity contribution in [3.63, 3.8) is 0 Å². The van der Waals surface area contributed by atoms with Gasteiger partial charge in [-0.1, -0.05) is 5.16 Å². The highest BCUT2D eigenvalue weighted by molar-refractivity contribution is 5.49. The molecule has 2 rings (SSSR count). The van der Waals surface area contributed by atoms with Crippen LogP contribution in [-0.4, -0.2) is 20.1 Å². The van der Waals surface area contributed by atoms with Crippen molar-refractivity contribution in [3.05, 3.63) is 25.1 Å². The third-order valence-corrected chi connectivity index (χ3v) is 1.18. The van der Waals surface area contributed by atoms with E-state index in [-0.39, 0.29) is 0 Å². The van der Waals surface area contributed by atoms with Gasteiger partial charge in [0.05, 0.1) is 5.56 Å². The molecule has 54 valence electrons. The lowest BCUT2D eigenvalue weighted by Crippen LogP contribution is -1.82. The van der Waals surface area contributed by atoms with Gasteiger partial charge in [0.2, 0.25) is 12.2 Å². The fraction of sp³-hybridized carbons (Fsp3) is 0. The quantitative estimate of drug-likeness (QED) is 0.590. The Labute approximate surface area is 62.1 Å². The van der Waals surface area contributed by atoms with Crippen molar-refractivity contribution in [2.24, 2.45) is 0 Å². The highest BCUT2D eigenvalue weighted by Gasteiger charge is 2.00. The Morgan fingerprint density at radius 1 is 1.18 bits per heavy atom. The van der Waals surface area contributed by atoms with Crippen LogP contribution in [0.4, 0.5) is 0 Å². The molecule has 0 radical (unpaired) electrons. The van der Waals surface area contributed by atoms with Gasteiger partial charge in [-0.2, -0.15) is 4.98 Å². The van der Waals surface area contributed by atoms with Crippen LogP contribution in [0.3, 0.4) is 0 Å². The molecule has 11 heavy (non-hydrogen) atoms. The summed E-state index contributed by atoms with van der Waals surface area (Å²) < 4.78 is 4.55. The molecule has 0 amide bonds. The minimum atomic E-state index is 0.505. The molecule has 0 unspecified atom stereocenters. The van der Waals surface area contributed by atoms with Gasteiger partial charge in [-0.15, -0.1) is 0 Å². The molecule has 0 aliphatic carbocycles.